The maximum absolute atomic E-state index is 6.82. The lowest BCUT2D eigenvalue weighted by Crippen LogP contribution is -2.11. The van der Waals surface area contributed by atoms with E-state index in [1.165, 1.54) is 48.9 Å². The van der Waals surface area contributed by atoms with Gasteiger partial charge >= 0.3 is 0 Å². The number of hydrogen-bond acceptors (Lipinski definition) is 2. The molecule has 0 radical (unpaired) electrons. The summed E-state index contributed by atoms with van der Waals surface area (Å²) in [6, 6.07) is 78.6. The van der Waals surface area contributed by atoms with Gasteiger partial charge in [-0.3, -0.25) is 0 Å². The molecule has 0 bridgehead atoms. The summed E-state index contributed by atoms with van der Waals surface area (Å²) >= 11 is 0. The summed E-state index contributed by atoms with van der Waals surface area (Å²) < 4.78 is 9.23. The van der Waals surface area contributed by atoms with E-state index in [0.717, 1.165) is 61.4 Å². The topological polar surface area (TPSA) is 21.3 Å². The molecule has 0 amide bonds. The second-order valence-electron chi connectivity index (χ2n) is 15.2. The molecular weight excluding hydrogens is 717 g/mol. The number of furan rings is 1. The molecule has 10 aromatic carbocycles. The summed E-state index contributed by atoms with van der Waals surface area (Å²) in [6.07, 6.45) is 0. The van der Waals surface area contributed by atoms with E-state index in [2.05, 4.69) is 228 Å². The molecule has 12 rings (SSSR count). The average Bonchev–Trinajstić information content (AvgIpc) is 3.87. The summed E-state index contributed by atoms with van der Waals surface area (Å²) in [4.78, 5) is 2.44. The van der Waals surface area contributed by atoms with Crippen molar-refractivity contribution in [3.05, 3.63) is 218 Å². The van der Waals surface area contributed by atoms with Crippen LogP contribution in [0.1, 0.15) is 0 Å². The highest BCUT2D eigenvalue weighted by Crippen LogP contribution is 2.49. The van der Waals surface area contributed by atoms with E-state index in [1.807, 2.05) is 0 Å². The van der Waals surface area contributed by atoms with E-state index in [1.54, 1.807) is 0 Å². The first-order valence-corrected chi connectivity index (χ1v) is 20.2. The highest BCUT2D eigenvalue weighted by molar-refractivity contribution is 6.20. The minimum atomic E-state index is 0.868. The fourth-order valence-corrected chi connectivity index (χ4v) is 9.36. The Labute approximate surface area is 341 Å². The first-order valence-electron chi connectivity index (χ1n) is 20.2. The van der Waals surface area contributed by atoms with Crippen molar-refractivity contribution in [3.63, 3.8) is 0 Å². The minimum absolute atomic E-state index is 0.868. The van der Waals surface area contributed by atoms with Crippen molar-refractivity contribution in [3.8, 4) is 27.9 Å². The average molecular weight is 753 g/mol. The van der Waals surface area contributed by atoms with Crippen molar-refractivity contribution >= 4 is 82.4 Å². The molecule has 0 spiro atoms. The molecule has 0 saturated heterocycles. The second kappa shape index (κ2) is 13.4. The van der Waals surface area contributed by atoms with Crippen molar-refractivity contribution < 1.29 is 4.42 Å². The molecule has 3 nitrogen and oxygen atoms in total. The van der Waals surface area contributed by atoms with E-state index in [9.17, 15) is 0 Å². The summed E-state index contributed by atoms with van der Waals surface area (Å²) in [5.74, 6) is 0. The molecule has 0 atom stereocenters. The van der Waals surface area contributed by atoms with E-state index in [0.29, 0.717) is 0 Å². The third kappa shape index (κ3) is 5.22. The summed E-state index contributed by atoms with van der Waals surface area (Å²) in [7, 11) is 0. The fraction of sp³-hybridized carbons (Fsp3) is 0. The molecule has 3 heteroatoms. The molecule has 0 N–H and O–H groups in total. The van der Waals surface area contributed by atoms with Crippen LogP contribution in [0.3, 0.4) is 0 Å². The van der Waals surface area contributed by atoms with E-state index >= 15 is 0 Å². The van der Waals surface area contributed by atoms with Gasteiger partial charge < -0.3 is 13.9 Å². The number of aromatic nitrogens is 1. The zero-order valence-corrected chi connectivity index (χ0v) is 32.1. The molecule has 0 aliphatic carbocycles. The molecule has 0 aliphatic heterocycles. The second-order valence-corrected chi connectivity index (χ2v) is 15.2. The fourth-order valence-electron chi connectivity index (χ4n) is 9.36. The third-order valence-electron chi connectivity index (χ3n) is 12.0. The molecule has 276 valence electrons. The van der Waals surface area contributed by atoms with Crippen LogP contribution in [0.5, 0.6) is 0 Å². The number of para-hydroxylation sites is 4. The molecule has 2 aromatic heterocycles. The summed E-state index contributed by atoms with van der Waals surface area (Å²) in [6.45, 7) is 0. The van der Waals surface area contributed by atoms with Gasteiger partial charge in [-0.2, -0.15) is 0 Å². The maximum Gasteiger partial charge on any atom is 0.145 e. The molecule has 0 aliphatic rings. The van der Waals surface area contributed by atoms with Crippen LogP contribution < -0.4 is 4.90 Å². The number of nitrogens with zero attached hydrogens (tertiary/aromatic N) is 2. The SMILES string of the molecule is c1ccc(-c2ccc(N(c3ccc(-c4cccc5c6ccccc6n(-c6ccccc6)c45)cc3)c3cccc4ccc5ccccc5c34)c3c2oc2ccccc23)cc1. The zero-order chi connectivity index (χ0) is 38.9. The van der Waals surface area contributed by atoms with Gasteiger partial charge in [-0.1, -0.05) is 164 Å². The Morgan fingerprint density at radius 1 is 0.373 bits per heavy atom. The van der Waals surface area contributed by atoms with Crippen molar-refractivity contribution in [2.75, 3.05) is 4.90 Å². The third-order valence-corrected chi connectivity index (χ3v) is 12.0. The van der Waals surface area contributed by atoms with Gasteiger partial charge in [0.15, 0.2) is 0 Å². The molecule has 0 fully saturated rings. The largest absolute Gasteiger partial charge is 0.455 e. The van der Waals surface area contributed by atoms with Gasteiger partial charge in [0, 0.05) is 44.0 Å². The first kappa shape index (κ1) is 33.3. The Morgan fingerprint density at radius 2 is 1.00 bits per heavy atom. The monoisotopic (exact) mass is 752 g/mol. The predicted molar refractivity (Wildman–Crippen MR) is 249 cm³/mol. The highest BCUT2D eigenvalue weighted by Gasteiger charge is 2.24. The maximum atomic E-state index is 6.82. The Bertz CT molecular complexity index is 3540. The molecule has 0 saturated carbocycles. The smallest absolute Gasteiger partial charge is 0.145 e. The van der Waals surface area contributed by atoms with Crippen LogP contribution in [0.25, 0.3) is 93.2 Å². The van der Waals surface area contributed by atoms with Crippen LogP contribution in [0.4, 0.5) is 17.1 Å². The van der Waals surface area contributed by atoms with Gasteiger partial charge in [0.25, 0.3) is 0 Å². The Hall–Kier alpha value is -7.88. The Balaban J connectivity index is 1.13. The van der Waals surface area contributed by atoms with Crippen molar-refractivity contribution in [2.45, 2.75) is 0 Å². The zero-order valence-electron chi connectivity index (χ0n) is 32.1. The summed E-state index contributed by atoms with van der Waals surface area (Å²) in [5, 5.41) is 9.48. The number of hydrogen-bond donors (Lipinski definition) is 0. The van der Waals surface area contributed by atoms with Gasteiger partial charge in [-0.15, -0.1) is 0 Å². The van der Waals surface area contributed by atoms with Crippen LogP contribution in [-0.2, 0) is 0 Å². The van der Waals surface area contributed by atoms with Gasteiger partial charge in [0.05, 0.1) is 27.8 Å². The number of anilines is 3. The number of rotatable bonds is 6. The van der Waals surface area contributed by atoms with Crippen molar-refractivity contribution in [1.82, 2.24) is 4.57 Å². The van der Waals surface area contributed by atoms with E-state index < -0.39 is 0 Å². The van der Waals surface area contributed by atoms with Gasteiger partial charge in [0.2, 0.25) is 0 Å². The standard InChI is InChI=1S/C56H36N2O/c1-3-15-37(16-4-1)45-35-36-51(54-48-23-10-12-28-52(48)59-56(45)54)57(50-27-13-18-40-30-29-38-17-7-8-21-43(38)53(40)50)42-33-31-39(32-34-42)44-24-14-25-47-46-22-9-11-26-49(46)58(55(44)47)41-19-5-2-6-20-41/h1-36H. The van der Waals surface area contributed by atoms with E-state index in [-0.39, 0.29) is 0 Å². The van der Waals surface area contributed by atoms with E-state index in [4.69, 9.17) is 4.42 Å². The lowest BCUT2D eigenvalue weighted by Gasteiger charge is -2.28. The van der Waals surface area contributed by atoms with Crippen LogP contribution in [0.2, 0.25) is 0 Å². The Kier molecular flexibility index (Phi) is 7.54. The predicted octanol–water partition coefficient (Wildman–Crippen LogP) is 15.8. The number of benzene rings is 10. The lowest BCUT2D eigenvalue weighted by atomic mass is 9.97. The molecule has 59 heavy (non-hydrogen) atoms. The Morgan fingerprint density at radius 3 is 1.85 bits per heavy atom. The van der Waals surface area contributed by atoms with Crippen molar-refractivity contribution in [2.24, 2.45) is 0 Å². The van der Waals surface area contributed by atoms with Gasteiger partial charge in [-0.25, -0.2) is 0 Å². The van der Waals surface area contributed by atoms with Crippen LogP contribution >= 0.6 is 0 Å². The molecular formula is C56H36N2O. The molecule has 2 heterocycles. The number of fused-ring (bicyclic) bond motifs is 9. The molecule has 12 aromatic rings. The molecule has 0 unspecified atom stereocenters. The van der Waals surface area contributed by atoms with Crippen LogP contribution in [0.15, 0.2) is 223 Å². The highest BCUT2D eigenvalue weighted by atomic mass is 16.3. The quantitative estimate of drug-likeness (QED) is 0.158. The van der Waals surface area contributed by atoms with Crippen molar-refractivity contribution in [1.29, 1.82) is 0 Å². The van der Waals surface area contributed by atoms with Crippen LogP contribution in [-0.4, -0.2) is 4.57 Å². The normalized spacial score (nSPS) is 11.7. The van der Waals surface area contributed by atoms with Crippen LogP contribution in [0, 0.1) is 0 Å². The van der Waals surface area contributed by atoms with Gasteiger partial charge in [0.1, 0.15) is 11.2 Å². The lowest BCUT2D eigenvalue weighted by molar-refractivity contribution is 0.670. The van der Waals surface area contributed by atoms with Gasteiger partial charge in [-0.05, 0) is 81.9 Å². The summed E-state index contributed by atoms with van der Waals surface area (Å²) in [5.41, 5.74) is 13.1. The first-order chi connectivity index (χ1) is 29.3. The minimum Gasteiger partial charge on any atom is -0.455 e.